The molecule has 1 aromatic heterocycles. The number of piperidine rings is 2. The molecule has 53 heavy (non-hydrogen) atoms. The van der Waals surface area contributed by atoms with Crippen LogP contribution in [0.5, 0.6) is 0 Å². The zero-order valence-electron chi connectivity index (χ0n) is 29.6. The number of likely N-dealkylation sites (tertiary alicyclic amines) is 2. The van der Waals surface area contributed by atoms with Crippen LogP contribution in [-0.2, 0) is 30.0 Å². The number of amides is 5. The molecule has 1 aromatic carbocycles. The molecular formula is C35H46F6N8O3S. The van der Waals surface area contributed by atoms with Gasteiger partial charge in [0, 0.05) is 69.7 Å². The lowest BCUT2D eigenvalue weighted by Crippen LogP contribution is -2.57. The van der Waals surface area contributed by atoms with Crippen LogP contribution in [0, 0.1) is 0 Å². The van der Waals surface area contributed by atoms with Gasteiger partial charge in [-0.2, -0.15) is 26.3 Å². The van der Waals surface area contributed by atoms with E-state index in [0.717, 1.165) is 43.9 Å². The number of nitrogens with zero attached hydrogens (tertiary/aromatic N) is 5. The Kier molecular flexibility index (Phi) is 11.7. The monoisotopic (exact) mass is 772 g/mol. The highest BCUT2D eigenvalue weighted by Gasteiger charge is 2.42. The van der Waals surface area contributed by atoms with Gasteiger partial charge in [0.1, 0.15) is 6.04 Å². The largest absolute Gasteiger partial charge is 0.418 e. The molecule has 11 nitrogen and oxygen atoms in total. The van der Waals surface area contributed by atoms with Crippen LogP contribution in [-0.4, -0.2) is 127 Å². The van der Waals surface area contributed by atoms with Gasteiger partial charge >= 0.3 is 24.4 Å². The maximum absolute atomic E-state index is 14.1. The van der Waals surface area contributed by atoms with Gasteiger partial charge in [-0.05, 0) is 87.3 Å². The number of carbonyl (C=O) groups is 3. The minimum absolute atomic E-state index is 0.147. The van der Waals surface area contributed by atoms with Crippen molar-refractivity contribution in [2.45, 2.75) is 75.4 Å². The molecule has 3 saturated heterocycles. The molecule has 2 aromatic rings. The third kappa shape index (κ3) is 9.13. The molecule has 0 aliphatic carbocycles. The zero-order valence-corrected chi connectivity index (χ0v) is 30.4. The van der Waals surface area contributed by atoms with Crippen molar-refractivity contribution in [3.8, 4) is 0 Å². The van der Waals surface area contributed by atoms with Crippen LogP contribution in [0.15, 0.2) is 22.9 Å². The second-order valence-corrected chi connectivity index (χ2v) is 15.2. The quantitative estimate of drug-likeness (QED) is 0.276. The number of nitrogens with two attached hydrogens (primary N) is 1. The van der Waals surface area contributed by atoms with Crippen molar-refractivity contribution in [1.82, 2.24) is 29.8 Å². The van der Waals surface area contributed by atoms with Crippen molar-refractivity contribution in [2.75, 3.05) is 77.0 Å². The van der Waals surface area contributed by atoms with Gasteiger partial charge in [-0.15, -0.1) is 11.3 Å². The molecule has 0 spiro atoms. The minimum atomic E-state index is -5.19. The van der Waals surface area contributed by atoms with Gasteiger partial charge in [-0.25, -0.2) is 9.59 Å². The molecule has 3 fully saturated rings. The summed E-state index contributed by atoms with van der Waals surface area (Å²) in [6.07, 6.45) is -7.07. The van der Waals surface area contributed by atoms with Crippen molar-refractivity contribution < 1.29 is 40.7 Å². The van der Waals surface area contributed by atoms with Crippen molar-refractivity contribution >= 4 is 40.7 Å². The summed E-state index contributed by atoms with van der Waals surface area (Å²) in [5.74, 6) is -0.574. The van der Waals surface area contributed by atoms with Crippen LogP contribution >= 0.6 is 11.3 Å². The van der Waals surface area contributed by atoms with Gasteiger partial charge < -0.3 is 36.0 Å². The van der Waals surface area contributed by atoms with Crippen molar-refractivity contribution in [1.29, 1.82) is 0 Å². The smallest absolute Gasteiger partial charge is 0.398 e. The van der Waals surface area contributed by atoms with Gasteiger partial charge in [-0.3, -0.25) is 9.69 Å². The molecule has 0 unspecified atom stereocenters. The van der Waals surface area contributed by atoms with E-state index in [-0.39, 0.29) is 31.2 Å². The molecule has 1 atom stereocenters. The topological polar surface area (TPSA) is 117 Å². The number of nitrogens with one attached hydrogen (secondary N) is 2. The molecule has 4 N–H and O–H groups in total. The zero-order chi connectivity index (χ0) is 38.1. The highest BCUT2D eigenvalue weighted by Crippen LogP contribution is 2.42. The predicted molar refractivity (Wildman–Crippen MR) is 189 cm³/mol. The lowest BCUT2D eigenvalue weighted by Gasteiger charge is -2.40. The molecule has 4 aliphatic heterocycles. The molecule has 0 radical (unpaired) electrons. The number of halogens is 6. The van der Waals surface area contributed by atoms with Crippen LogP contribution in [0.25, 0.3) is 0 Å². The predicted octanol–water partition coefficient (Wildman–Crippen LogP) is 5.17. The number of alkyl halides is 6. The number of thiophene rings is 1. The Hall–Kier alpha value is -3.77. The standard InChI is InChI=1S/C35H46F6N8O3S/c1-45-8-2-9-46(16-15-45)24-4-10-47(11-5-24)31(50)28(19-22-17-26(34(36,37)38)30(42)27(18-22)35(39,40)41)43-32(51)48-12-6-25(7-13-48)49-14-3-23-20-53-21-29(23)44-33(49)52/h17-18,20-21,24-25,28H,2-16,19,42H2,1H3,(H,43,51)(H,44,52)/t28-/m1/s1. The SMILES string of the molecule is CN1CCCN(C2CCN(C(=O)[C@@H](Cc3cc(C(F)(F)F)c(N)c(C(F)(F)F)c3)NC(=O)N3CCC(N4CCc5cscc5NC4=O)CC3)CC2)CC1. The Labute approximate surface area is 308 Å². The molecule has 0 saturated carbocycles. The Balaban J connectivity index is 1.16. The first-order valence-electron chi connectivity index (χ1n) is 18.0. The molecule has 18 heteroatoms. The maximum atomic E-state index is 14.1. The fourth-order valence-corrected chi connectivity index (χ4v) is 8.79. The lowest BCUT2D eigenvalue weighted by atomic mass is 9.96. The van der Waals surface area contributed by atoms with Gasteiger partial charge in [0.05, 0.1) is 22.5 Å². The second-order valence-electron chi connectivity index (χ2n) is 14.5. The first-order chi connectivity index (χ1) is 25.1. The number of hydrogen-bond donors (Lipinski definition) is 3. The van der Waals surface area contributed by atoms with E-state index in [1.807, 2.05) is 10.8 Å². The Bertz CT molecular complexity index is 1600. The molecule has 0 bridgehead atoms. The molecule has 6 rings (SSSR count). The summed E-state index contributed by atoms with van der Waals surface area (Å²) in [4.78, 5) is 50.2. The number of anilines is 2. The normalized spacial score (nSPS) is 21.1. The highest BCUT2D eigenvalue weighted by molar-refractivity contribution is 7.08. The van der Waals surface area contributed by atoms with Gasteiger partial charge in [0.2, 0.25) is 5.91 Å². The Morgan fingerprint density at radius 3 is 2.13 bits per heavy atom. The summed E-state index contributed by atoms with van der Waals surface area (Å²) >= 11 is 1.51. The first kappa shape index (κ1) is 38.9. The average molecular weight is 773 g/mol. The van der Waals surface area contributed by atoms with Crippen molar-refractivity contribution in [3.63, 3.8) is 0 Å². The van der Waals surface area contributed by atoms with Crippen LogP contribution < -0.4 is 16.4 Å². The fourth-order valence-electron chi connectivity index (χ4n) is 7.96. The summed E-state index contributed by atoms with van der Waals surface area (Å²) in [5, 5.41) is 9.49. The average Bonchev–Trinajstić information content (AvgIpc) is 3.34. The van der Waals surface area contributed by atoms with Crippen LogP contribution in [0.3, 0.4) is 0 Å². The van der Waals surface area contributed by atoms with Crippen LogP contribution in [0.4, 0.5) is 47.3 Å². The first-order valence-corrected chi connectivity index (χ1v) is 19.0. The summed E-state index contributed by atoms with van der Waals surface area (Å²) in [6.45, 7) is 5.38. The highest BCUT2D eigenvalue weighted by atomic mass is 32.1. The van der Waals surface area contributed by atoms with E-state index < -0.39 is 59.1 Å². The van der Waals surface area contributed by atoms with E-state index in [0.29, 0.717) is 63.9 Å². The van der Waals surface area contributed by atoms with Crippen molar-refractivity contribution in [2.24, 2.45) is 0 Å². The Morgan fingerprint density at radius 2 is 1.49 bits per heavy atom. The Morgan fingerprint density at radius 1 is 0.868 bits per heavy atom. The minimum Gasteiger partial charge on any atom is -0.398 e. The molecule has 5 heterocycles. The fraction of sp³-hybridized carbons (Fsp3) is 0.629. The third-order valence-corrected chi connectivity index (χ3v) is 11.8. The van der Waals surface area contributed by atoms with Gasteiger partial charge in [0.15, 0.2) is 0 Å². The summed E-state index contributed by atoms with van der Waals surface area (Å²) in [5.41, 5.74) is 2.04. The number of nitrogen functional groups attached to an aromatic ring is 1. The molecular weight excluding hydrogens is 726 g/mol. The number of benzene rings is 1. The summed E-state index contributed by atoms with van der Waals surface area (Å²) in [7, 11) is 2.08. The maximum Gasteiger partial charge on any atom is 0.418 e. The molecule has 292 valence electrons. The van der Waals surface area contributed by atoms with E-state index in [9.17, 15) is 40.7 Å². The third-order valence-electron chi connectivity index (χ3n) is 11.0. The molecule has 5 amide bonds. The number of carbonyl (C=O) groups excluding carboxylic acids is 3. The van der Waals surface area contributed by atoms with E-state index in [1.165, 1.54) is 16.2 Å². The number of rotatable bonds is 6. The van der Waals surface area contributed by atoms with E-state index >= 15 is 0 Å². The molecule has 4 aliphatic rings. The van der Waals surface area contributed by atoms with Gasteiger partial charge in [-0.1, -0.05) is 0 Å². The van der Waals surface area contributed by atoms with E-state index in [1.54, 1.807) is 9.80 Å². The number of fused-ring (bicyclic) bond motifs is 1. The van der Waals surface area contributed by atoms with Gasteiger partial charge in [0.25, 0.3) is 0 Å². The summed E-state index contributed by atoms with van der Waals surface area (Å²) in [6, 6.07) is -1.18. The summed E-state index contributed by atoms with van der Waals surface area (Å²) < 4.78 is 83.4. The van der Waals surface area contributed by atoms with E-state index in [2.05, 4.69) is 27.5 Å². The second kappa shape index (κ2) is 15.9. The van der Waals surface area contributed by atoms with Crippen molar-refractivity contribution in [3.05, 3.63) is 45.1 Å². The van der Waals surface area contributed by atoms with Crippen LogP contribution in [0.1, 0.15) is 54.4 Å². The van der Waals surface area contributed by atoms with Crippen LogP contribution in [0.2, 0.25) is 0 Å². The number of urea groups is 2. The number of likely N-dealkylation sites (N-methyl/N-ethyl adjacent to an activating group) is 1. The number of hydrogen-bond acceptors (Lipinski definition) is 7. The lowest BCUT2D eigenvalue weighted by molar-refractivity contribution is -0.141. The van der Waals surface area contributed by atoms with E-state index in [4.69, 9.17) is 5.73 Å².